The van der Waals surface area contributed by atoms with Crippen LogP contribution < -0.4 is 5.73 Å². The molecule has 0 radical (unpaired) electrons. The normalized spacial score (nSPS) is 18.5. The topological polar surface area (TPSA) is 63.4 Å². The van der Waals surface area contributed by atoms with Gasteiger partial charge in [-0.3, -0.25) is 0 Å². The molecule has 1 aromatic carbocycles. The number of hydrogen-bond donors (Lipinski definition) is 1. The molecule has 0 unspecified atom stereocenters. The third-order valence-electron chi connectivity index (χ3n) is 3.17. The number of rotatable bonds is 2. The highest BCUT2D eigenvalue weighted by Crippen LogP contribution is 2.25. The molecule has 0 atom stereocenters. The number of hydrogen-bond acceptors (Lipinski definition) is 3. The first kappa shape index (κ1) is 13.6. The average Bonchev–Trinajstić information content (AvgIpc) is 2.61. The molecule has 0 saturated carbocycles. The molecule has 0 aromatic heterocycles. The second-order valence-electron chi connectivity index (χ2n) is 4.50. The first-order valence-electron chi connectivity index (χ1n) is 6.07. The van der Waals surface area contributed by atoms with Crippen molar-refractivity contribution in [3.8, 4) is 0 Å². The predicted octanol–water partition coefficient (Wildman–Crippen LogP) is 2.49. The second kappa shape index (κ2) is 5.47. The molecule has 1 heterocycles. The molecule has 1 fully saturated rings. The molecule has 1 aliphatic heterocycles. The summed E-state index contributed by atoms with van der Waals surface area (Å²) in [4.78, 5) is 0.228. The minimum atomic E-state index is -3.43. The molecule has 0 spiro atoms. The number of nitrogens with two attached hydrogens (primary N) is 1. The fraction of sp³-hybridized carbons (Fsp3) is 0.500. The van der Waals surface area contributed by atoms with Gasteiger partial charge in [0.25, 0.3) is 0 Å². The summed E-state index contributed by atoms with van der Waals surface area (Å²) in [6.07, 6.45) is 4.02. The van der Waals surface area contributed by atoms with E-state index in [0.29, 0.717) is 23.8 Å². The first-order valence-corrected chi connectivity index (χ1v) is 7.89. The fourth-order valence-corrected chi connectivity index (χ4v) is 3.78. The number of sulfonamides is 1. The van der Waals surface area contributed by atoms with Gasteiger partial charge in [-0.25, -0.2) is 8.42 Å². The summed E-state index contributed by atoms with van der Waals surface area (Å²) in [5.74, 6) is 0. The van der Waals surface area contributed by atoms with E-state index < -0.39 is 10.0 Å². The number of nitrogens with zero attached hydrogens (tertiary/aromatic N) is 1. The van der Waals surface area contributed by atoms with E-state index >= 15 is 0 Å². The Bertz CT molecular complexity index is 523. The van der Waals surface area contributed by atoms with Crippen molar-refractivity contribution >= 4 is 27.3 Å². The molecular formula is C12H17ClN2O2S. The Morgan fingerprint density at radius 2 is 1.72 bits per heavy atom. The van der Waals surface area contributed by atoms with E-state index in [1.807, 2.05) is 0 Å². The average molecular weight is 289 g/mol. The zero-order valence-corrected chi connectivity index (χ0v) is 11.7. The van der Waals surface area contributed by atoms with Gasteiger partial charge >= 0.3 is 0 Å². The van der Waals surface area contributed by atoms with E-state index in [-0.39, 0.29) is 4.90 Å². The molecule has 6 heteroatoms. The summed E-state index contributed by atoms with van der Waals surface area (Å²) in [7, 11) is -3.43. The minimum Gasteiger partial charge on any atom is -0.397 e. The molecule has 2 N–H and O–H groups in total. The first-order chi connectivity index (χ1) is 8.51. The summed E-state index contributed by atoms with van der Waals surface area (Å²) >= 11 is 5.81. The molecule has 1 aliphatic rings. The second-order valence-corrected chi connectivity index (χ2v) is 6.85. The lowest BCUT2D eigenvalue weighted by Gasteiger charge is -2.20. The Morgan fingerprint density at radius 3 is 2.28 bits per heavy atom. The highest BCUT2D eigenvalue weighted by Gasteiger charge is 2.25. The van der Waals surface area contributed by atoms with Gasteiger partial charge in [-0.05, 0) is 31.0 Å². The lowest BCUT2D eigenvalue weighted by Crippen LogP contribution is -2.31. The van der Waals surface area contributed by atoms with Gasteiger partial charge in [-0.15, -0.1) is 0 Å². The summed E-state index contributed by atoms with van der Waals surface area (Å²) in [6, 6.07) is 4.48. The fourth-order valence-electron chi connectivity index (χ4n) is 2.11. The van der Waals surface area contributed by atoms with Gasteiger partial charge in [-0.1, -0.05) is 24.4 Å². The highest BCUT2D eigenvalue weighted by atomic mass is 35.5. The van der Waals surface area contributed by atoms with E-state index in [4.69, 9.17) is 17.3 Å². The minimum absolute atomic E-state index is 0.228. The molecule has 0 aliphatic carbocycles. The molecule has 2 rings (SSSR count). The van der Waals surface area contributed by atoms with Gasteiger partial charge in [0.2, 0.25) is 10.0 Å². The van der Waals surface area contributed by atoms with Gasteiger partial charge in [-0.2, -0.15) is 4.31 Å². The van der Waals surface area contributed by atoms with Crippen LogP contribution >= 0.6 is 11.6 Å². The van der Waals surface area contributed by atoms with Crippen LogP contribution in [-0.4, -0.2) is 25.8 Å². The van der Waals surface area contributed by atoms with Gasteiger partial charge in [0.15, 0.2) is 0 Å². The SMILES string of the molecule is Nc1cc(S(=O)(=O)N2CCCCCC2)ccc1Cl. The zero-order valence-electron chi connectivity index (χ0n) is 10.1. The van der Waals surface area contributed by atoms with Gasteiger partial charge in [0, 0.05) is 13.1 Å². The van der Waals surface area contributed by atoms with Crippen LogP contribution in [0, 0.1) is 0 Å². The van der Waals surface area contributed by atoms with Crippen LogP contribution in [0.15, 0.2) is 23.1 Å². The van der Waals surface area contributed by atoms with Gasteiger partial charge in [0.05, 0.1) is 15.6 Å². The van der Waals surface area contributed by atoms with Crippen molar-refractivity contribution in [2.45, 2.75) is 30.6 Å². The summed E-state index contributed by atoms with van der Waals surface area (Å²) in [5.41, 5.74) is 5.96. The molecular weight excluding hydrogens is 272 g/mol. The van der Waals surface area contributed by atoms with Crippen LogP contribution in [0.2, 0.25) is 5.02 Å². The van der Waals surface area contributed by atoms with E-state index in [9.17, 15) is 8.42 Å². The number of anilines is 1. The lowest BCUT2D eigenvalue weighted by atomic mass is 10.2. The molecule has 0 amide bonds. The van der Waals surface area contributed by atoms with Crippen molar-refractivity contribution in [3.05, 3.63) is 23.2 Å². The maximum absolute atomic E-state index is 12.4. The van der Waals surface area contributed by atoms with Crippen molar-refractivity contribution < 1.29 is 8.42 Å². The third-order valence-corrected chi connectivity index (χ3v) is 5.41. The van der Waals surface area contributed by atoms with Crippen molar-refractivity contribution in [1.29, 1.82) is 0 Å². The van der Waals surface area contributed by atoms with Gasteiger partial charge in [0.1, 0.15) is 0 Å². The number of nitrogen functional groups attached to an aromatic ring is 1. The quantitative estimate of drug-likeness (QED) is 0.851. The molecule has 100 valence electrons. The Kier molecular flexibility index (Phi) is 4.14. The Balaban J connectivity index is 2.31. The largest absolute Gasteiger partial charge is 0.397 e. The Morgan fingerprint density at radius 1 is 1.11 bits per heavy atom. The van der Waals surface area contributed by atoms with Crippen LogP contribution in [0.25, 0.3) is 0 Å². The van der Waals surface area contributed by atoms with Crippen molar-refractivity contribution in [3.63, 3.8) is 0 Å². The Labute approximate surface area is 113 Å². The van der Waals surface area contributed by atoms with Crippen LogP contribution in [0.3, 0.4) is 0 Å². The van der Waals surface area contributed by atoms with Crippen molar-refractivity contribution in [2.24, 2.45) is 0 Å². The van der Waals surface area contributed by atoms with Crippen LogP contribution in [0.4, 0.5) is 5.69 Å². The number of benzene rings is 1. The molecule has 1 saturated heterocycles. The molecule has 18 heavy (non-hydrogen) atoms. The predicted molar refractivity (Wildman–Crippen MR) is 73.1 cm³/mol. The molecule has 4 nitrogen and oxygen atoms in total. The van der Waals surface area contributed by atoms with Crippen molar-refractivity contribution in [2.75, 3.05) is 18.8 Å². The molecule has 0 bridgehead atoms. The maximum Gasteiger partial charge on any atom is 0.243 e. The summed E-state index contributed by atoms with van der Waals surface area (Å²) < 4.78 is 26.4. The lowest BCUT2D eigenvalue weighted by molar-refractivity contribution is 0.424. The monoisotopic (exact) mass is 288 g/mol. The highest BCUT2D eigenvalue weighted by molar-refractivity contribution is 7.89. The zero-order chi connectivity index (χ0) is 13.2. The van der Waals surface area contributed by atoms with Crippen LogP contribution in [0.1, 0.15) is 25.7 Å². The maximum atomic E-state index is 12.4. The van der Waals surface area contributed by atoms with E-state index in [2.05, 4.69) is 0 Å². The van der Waals surface area contributed by atoms with E-state index in [0.717, 1.165) is 25.7 Å². The standard InChI is InChI=1S/C12H17ClN2O2S/c13-11-6-5-10(9-12(11)14)18(16,17)15-7-3-1-2-4-8-15/h5-6,9H,1-4,7-8,14H2. The third kappa shape index (κ3) is 2.79. The smallest absolute Gasteiger partial charge is 0.243 e. The van der Waals surface area contributed by atoms with Gasteiger partial charge < -0.3 is 5.73 Å². The summed E-state index contributed by atoms with van der Waals surface area (Å²) in [6.45, 7) is 1.18. The molecule has 1 aromatic rings. The summed E-state index contributed by atoms with van der Waals surface area (Å²) in [5, 5.41) is 0.379. The Hall–Kier alpha value is -0.780. The van der Waals surface area contributed by atoms with Crippen molar-refractivity contribution in [1.82, 2.24) is 4.31 Å². The van der Waals surface area contributed by atoms with E-state index in [1.165, 1.54) is 18.2 Å². The van der Waals surface area contributed by atoms with Crippen LogP contribution in [0.5, 0.6) is 0 Å². The van der Waals surface area contributed by atoms with E-state index in [1.54, 1.807) is 4.31 Å². The number of halogens is 1. The van der Waals surface area contributed by atoms with Crippen LogP contribution in [-0.2, 0) is 10.0 Å².